The van der Waals surface area contributed by atoms with E-state index < -0.39 is 0 Å². The molecule has 1 heteroatoms. The third-order valence-corrected chi connectivity index (χ3v) is 7.49. The lowest BCUT2D eigenvalue weighted by Gasteiger charge is -2.22. The number of nitrogens with one attached hydrogen (secondary N) is 1. The molecule has 0 saturated heterocycles. The predicted octanol–water partition coefficient (Wildman–Crippen LogP) is 8.19. The summed E-state index contributed by atoms with van der Waals surface area (Å²) in [5.74, 6) is 0.374. The van der Waals surface area contributed by atoms with Crippen LogP contribution in [0.3, 0.4) is 0 Å². The van der Waals surface area contributed by atoms with Crippen LogP contribution in [0.25, 0.3) is 27.5 Å². The standard InChI is InChI=1S/C29H31N/c1-16-12-13-24(20(5)17(16)2)29-25-11-9-8-10-23(25)14-26(27(29)15-30)28-21(6)18(3)19(4)22(28)7/h8-15,21,30H,1-7H3. The van der Waals surface area contributed by atoms with Crippen molar-refractivity contribution in [1.82, 2.24) is 0 Å². The molecule has 0 bridgehead atoms. The van der Waals surface area contributed by atoms with Gasteiger partial charge < -0.3 is 5.41 Å². The molecule has 1 aliphatic carbocycles. The van der Waals surface area contributed by atoms with E-state index in [9.17, 15) is 0 Å². The topological polar surface area (TPSA) is 23.9 Å². The fourth-order valence-corrected chi connectivity index (χ4v) is 5.05. The van der Waals surface area contributed by atoms with E-state index in [-0.39, 0.29) is 0 Å². The molecule has 3 aromatic rings. The van der Waals surface area contributed by atoms with Crippen LogP contribution in [0.2, 0.25) is 0 Å². The van der Waals surface area contributed by atoms with E-state index in [0.717, 1.165) is 5.56 Å². The van der Waals surface area contributed by atoms with Crippen LogP contribution in [0, 0.1) is 32.1 Å². The highest BCUT2D eigenvalue weighted by atomic mass is 14.4. The molecule has 0 amide bonds. The maximum atomic E-state index is 8.45. The van der Waals surface area contributed by atoms with Crippen molar-refractivity contribution in [3.63, 3.8) is 0 Å². The predicted molar refractivity (Wildman–Crippen MR) is 132 cm³/mol. The SMILES string of the molecule is CC1=C(C)C(C)C(c2cc3ccccc3c(-c3ccc(C)c(C)c3C)c2C=N)=C1C. The molecule has 1 aliphatic rings. The Balaban J connectivity index is 2.15. The molecule has 0 heterocycles. The summed E-state index contributed by atoms with van der Waals surface area (Å²) >= 11 is 0. The average Bonchev–Trinajstić information content (AvgIpc) is 2.93. The summed E-state index contributed by atoms with van der Waals surface area (Å²) in [6.45, 7) is 15.6. The Bertz CT molecular complexity index is 1270. The summed E-state index contributed by atoms with van der Waals surface area (Å²) in [7, 11) is 0. The lowest BCUT2D eigenvalue weighted by molar-refractivity contribution is 0.895. The average molecular weight is 394 g/mol. The molecule has 0 saturated carbocycles. The van der Waals surface area contributed by atoms with E-state index in [2.05, 4.69) is 90.9 Å². The van der Waals surface area contributed by atoms with Gasteiger partial charge in [0, 0.05) is 17.7 Å². The van der Waals surface area contributed by atoms with Gasteiger partial charge in [-0.15, -0.1) is 0 Å². The van der Waals surface area contributed by atoms with Crippen LogP contribution in [0.4, 0.5) is 0 Å². The molecule has 0 fully saturated rings. The van der Waals surface area contributed by atoms with Gasteiger partial charge in [0.05, 0.1) is 0 Å². The molecule has 1 atom stereocenters. The van der Waals surface area contributed by atoms with Crippen molar-refractivity contribution in [3.8, 4) is 11.1 Å². The van der Waals surface area contributed by atoms with Gasteiger partial charge in [-0.2, -0.15) is 0 Å². The Morgan fingerprint density at radius 2 is 1.50 bits per heavy atom. The van der Waals surface area contributed by atoms with Gasteiger partial charge in [0.1, 0.15) is 0 Å². The van der Waals surface area contributed by atoms with Crippen molar-refractivity contribution >= 4 is 22.6 Å². The monoisotopic (exact) mass is 393 g/mol. The van der Waals surface area contributed by atoms with Gasteiger partial charge in [-0.05, 0) is 108 Å². The molecule has 0 spiro atoms. The zero-order valence-corrected chi connectivity index (χ0v) is 19.2. The molecule has 0 aliphatic heterocycles. The second kappa shape index (κ2) is 7.40. The van der Waals surface area contributed by atoms with Gasteiger partial charge >= 0.3 is 0 Å². The molecule has 3 aromatic carbocycles. The van der Waals surface area contributed by atoms with Gasteiger partial charge in [0.25, 0.3) is 0 Å². The summed E-state index contributed by atoms with van der Waals surface area (Å²) < 4.78 is 0. The highest BCUT2D eigenvalue weighted by Crippen LogP contribution is 2.46. The Morgan fingerprint density at radius 3 is 2.13 bits per heavy atom. The van der Waals surface area contributed by atoms with Crippen molar-refractivity contribution in [2.75, 3.05) is 0 Å². The molecular formula is C29H31N. The second-order valence-electron chi connectivity index (χ2n) is 8.83. The van der Waals surface area contributed by atoms with E-state index in [4.69, 9.17) is 5.41 Å². The molecule has 0 aromatic heterocycles. The van der Waals surface area contributed by atoms with Crippen molar-refractivity contribution in [2.24, 2.45) is 5.92 Å². The maximum absolute atomic E-state index is 8.45. The van der Waals surface area contributed by atoms with Gasteiger partial charge in [-0.1, -0.05) is 48.9 Å². The van der Waals surface area contributed by atoms with E-state index in [1.165, 1.54) is 66.4 Å². The smallest absolute Gasteiger partial charge is 0.0262 e. The molecule has 30 heavy (non-hydrogen) atoms. The number of hydrogen-bond donors (Lipinski definition) is 1. The third-order valence-electron chi connectivity index (χ3n) is 7.49. The van der Waals surface area contributed by atoms with Crippen LogP contribution in [0.5, 0.6) is 0 Å². The minimum Gasteiger partial charge on any atom is -0.308 e. The minimum absolute atomic E-state index is 0.374. The number of aryl methyl sites for hydroxylation is 1. The lowest BCUT2D eigenvalue weighted by Crippen LogP contribution is -2.04. The zero-order valence-electron chi connectivity index (χ0n) is 19.2. The minimum atomic E-state index is 0.374. The van der Waals surface area contributed by atoms with E-state index in [1.807, 2.05) is 0 Å². The Hall–Kier alpha value is -2.93. The van der Waals surface area contributed by atoms with Crippen LogP contribution < -0.4 is 0 Å². The van der Waals surface area contributed by atoms with Crippen LogP contribution in [0.15, 0.2) is 59.2 Å². The van der Waals surface area contributed by atoms with Gasteiger partial charge in [-0.25, -0.2) is 0 Å². The normalized spacial score (nSPS) is 16.7. The number of allylic oxidation sites excluding steroid dienone is 4. The summed E-state index contributed by atoms with van der Waals surface area (Å²) in [4.78, 5) is 0. The van der Waals surface area contributed by atoms with Crippen molar-refractivity contribution in [1.29, 1.82) is 5.41 Å². The van der Waals surface area contributed by atoms with Crippen LogP contribution >= 0.6 is 0 Å². The van der Waals surface area contributed by atoms with E-state index >= 15 is 0 Å². The Kier molecular flexibility index (Phi) is 5.02. The van der Waals surface area contributed by atoms with Crippen LogP contribution in [-0.4, -0.2) is 6.21 Å². The summed E-state index contributed by atoms with van der Waals surface area (Å²) in [5, 5.41) is 10.9. The van der Waals surface area contributed by atoms with Crippen LogP contribution in [0.1, 0.15) is 55.5 Å². The molecule has 4 rings (SSSR count). The number of benzene rings is 3. The fourth-order valence-electron chi connectivity index (χ4n) is 5.05. The summed E-state index contributed by atoms with van der Waals surface area (Å²) in [6.07, 6.45) is 1.57. The van der Waals surface area contributed by atoms with Crippen LogP contribution in [-0.2, 0) is 0 Å². The largest absolute Gasteiger partial charge is 0.308 e. The number of fused-ring (bicyclic) bond motifs is 1. The fraction of sp³-hybridized carbons (Fsp3) is 0.276. The molecule has 1 nitrogen and oxygen atoms in total. The first-order chi connectivity index (χ1) is 14.3. The molecule has 1 N–H and O–H groups in total. The van der Waals surface area contributed by atoms with Gasteiger partial charge in [0.15, 0.2) is 0 Å². The summed E-state index contributed by atoms with van der Waals surface area (Å²) in [6, 6.07) is 15.4. The molecule has 0 radical (unpaired) electrons. The summed E-state index contributed by atoms with van der Waals surface area (Å²) in [5.41, 5.74) is 14.2. The third kappa shape index (κ3) is 2.88. The van der Waals surface area contributed by atoms with Crippen molar-refractivity contribution < 1.29 is 0 Å². The maximum Gasteiger partial charge on any atom is 0.0262 e. The van der Waals surface area contributed by atoms with Crippen molar-refractivity contribution in [2.45, 2.75) is 48.5 Å². The highest BCUT2D eigenvalue weighted by molar-refractivity contribution is 6.10. The van der Waals surface area contributed by atoms with Crippen molar-refractivity contribution in [3.05, 3.63) is 87.0 Å². The van der Waals surface area contributed by atoms with Gasteiger partial charge in [0.2, 0.25) is 0 Å². The zero-order chi connectivity index (χ0) is 21.7. The Morgan fingerprint density at radius 1 is 0.800 bits per heavy atom. The Labute approximate surface area is 180 Å². The quantitative estimate of drug-likeness (QED) is 0.434. The first-order valence-electron chi connectivity index (χ1n) is 10.8. The van der Waals surface area contributed by atoms with E-state index in [1.54, 1.807) is 6.21 Å². The van der Waals surface area contributed by atoms with E-state index in [0.29, 0.717) is 5.92 Å². The first-order valence-corrected chi connectivity index (χ1v) is 10.8. The lowest BCUT2D eigenvalue weighted by atomic mass is 9.81. The number of hydrogen-bond acceptors (Lipinski definition) is 1. The number of rotatable bonds is 3. The highest BCUT2D eigenvalue weighted by Gasteiger charge is 2.28. The molecule has 152 valence electrons. The first kappa shape index (κ1) is 20.3. The molecular weight excluding hydrogens is 362 g/mol. The van der Waals surface area contributed by atoms with Gasteiger partial charge in [-0.3, -0.25) is 0 Å². The second-order valence-corrected chi connectivity index (χ2v) is 8.83. The molecule has 1 unspecified atom stereocenters.